The van der Waals surface area contributed by atoms with Crippen molar-refractivity contribution < 1.29 is 19.1 Å². The fraction of sp³-hybridized carbons (Fsp3) is 0.220. The first-order valence-corrected chi connectivity index (χ1v) is 18.2. The van der Waals surface area contributed by atoms with E-state index in [1.807, 2.05) is 102 Å². The highest BCUT2D eigenvalue weighted by Crippen LogP contribution is 2.41. The molecule has 0 aliphatic carbocycles. The van der Waals surface area contributed by atoms with Gasteiger partial charge in [0.25, 0.3) is 11.8 Å². The van der Waals surface area contributed by atoms with Gasteiger partial charge in [-0.15, -0.1) is 0 Å². The molecule has 278 valence electrons. The minimum Gasteiger partial charge on any atom is -0.457 e. The number of carbonyl (C=O) groups excluding carboxylic acids is 2. The zero-order chi connectivity index (χ0) is 37.7. The molecule has 0 saturated carbocycles. The number of carbonyl (C=O) groups is 2. The smallest absolute Gasteiger partial charge is 0.254 e. The van der Waals surface area contributed by atoms with Crippen molar-refractivity contribution in [2.24, 2.45) is 28.5 Å². The summed E-state index contributed by atoms with van der Waals surface area (Å²) in [5.41, 5.74) is 22.6. The molecule has 1 atom stereocenters. The van der Waals surface area contributed by atoms with Crippen LogP contribution in [0.15, 0.2) is 97.1 Å². The second-order valence-electron chi connectivity index (χ2n) is 14.4. The predicted octanol–water partition coefficient (Wildman–Crippen LogP) is 4.88. The number of ether oxygens (including phenoxy) is 2. The Kier molecular flexibility index (Phi) is 8.47. The number of hydrogen-bond acceptors (Lipinski definition) is 10. The molecule has 1 unspecified atom stereocenters. The third-order valence-corrected chi connectivity index (χ3v) is 10.6. The Morgan fingerprint density at radius 3 is 2.09 bits per heavy atom. The molecule has 5 heterocycles. The van der Waals surface area contributed by atoms with E-state index in [-0.39, 0.29) is 11.3 Å². The second-order valence-corrected chi connectivity index (χ2v) is 14.4. The molecule has 1 saturated heterocycles. The van der Waals surface area contributed by atoms with Crippen LogP contribution in [0.5, 0.6) is 23.0 Å². The van der Waals surface area contributed by atoms with Crippen LogP contribution in [-0.2, 0) is 13.1 Å². The Morgan fingerprint density at radius 1 is 0.709 bits per heavy atom. The molecule has 9 N–H and O–H groups in total. The lowest BCUT2D eigenvalue weighted by Gasteiger charge is -2.45. The molecule has 2 amide bonds. The largest absolute Gasteiger partial charge is 0.457 e. The quantitative estimate of drug-likeness (QED) is 0.113. The van der Waals surface area contributed by atoms with Crippen LogP contribution in [0.25, 0.3) is 33.6 Å². The van der Waals surface area contributed by atoms with Crippen molar-refractivity contribution in [2.75, 3.05) is 43.4 Å². The lowest BCUT2D eigenvalue weighted by Crippen LogP contribution is -2.61. The fourth-order valence-corrected chi connectivity index (χ4v) is 7.62. The summed E-state index contributed by atoms with van der Waals surface area (Å²) in [7, 11) is 0. The van der Waals surface area contributed by atoms with E-state index in [1.165, 1.54) is 0 Å². The molecule has 14 nitrogen and oxygen atoms in total. The van der Waals surface area contributed by atoms with Crippen molar-refractivity contribution in [2.45, 2.75) is 13.1 Å². The van der Waals surface area contributed by atoms with E-state index < -0.39 is 11.8 Å². The minimum atomic E-state index is -0.572. The summed E-state index contributed by atoms with van der Waals surface area (Å²) in [6.07, 6.45) is 0. The predicted molar refractivity (Wildman–Crippen MR) is 209 cm³/mol. The number of aromatic nitrogens is 4. The summed E-state index contributed by atoms with van der Waals surface area (Å²) in [5, 5.41) is 19.7. The van der Waals surface area contributed by atoms with Crippen molar-refractivity contribution in [3.63, 3.8) is 0 Å². The topological polar surface area (TPSA) is 202 Å². The van der Waals surface area contributed by atoms with Gasteiger partial charge in [-0.3, -0.25) is 9.59 Å². The number of fused-ring (bicyclic) bond motifs is 2. The Hall–Kier alpha value is -6.64. The van der Waals surface area contributed by atoms with Crippen molar-refractivity contribution in [1.82, 2.24) is 24.9 Å². The molecule has 0 bridgehead atoms. The van der Waals surface area contributed by atoms with Crippen LogP contribution in [0.2, 0.25) is 0 Å². The summed E-state index contributed by atoms with van der Waals surface area (Å²) in [5.74, 6) is 2.78. The van der Waals surface area contributed by atoms with E-state index in [0.717, 1.165) is 36.3 Å². The maximum absolute atomic E-state index is 12.8. The first-order chi connectivity index (χ1) is 26.8. The van der Waals surface area contributed by atoms with Crippen molar-refractivity contribution in [3.05, 3.63) is 108 Å². The molecular weight excluding hydrogens is 697 g/mol. The zero-order valence-electron chi connectivity index (χ0n) is 29.9. The first kappa shape index (κ1) is 34.1. The monoisotopic (exact) mass is 736 g/mol. The molecular formula is C41H40N10O4. The highest BCUT2D eigenvalue weighted by Gasteiger charge is 2.42. The lowest BCUT2D eigenvalue weighted by molar-refractivity contribution is 0.0992. The van der Waals surface area contributed by atoms with E-state index in [9.17, 15) is 9.59 Å². The number of primary amides is 2. The van der Waals surface area contributed by atoms with Gasteiger partial charge in [0.05, 0.1) is 6.54 Å². The average Bonchev–Trinajstić information content (AvgIpc) is 3.77. The summed E-state index contributed by atoms with van der Waals surface area (Å²) < 4.78 is 16.4. The SMILES string of the molecule is NCC1CNc2c(C(N)=O)c(-c3ccc(Oc4ccccc4)c(-c4cccc(Oc5ccc(-c6nn7c(c6C(N)=O)NCC6(CNC6)C7)cc5)c4)c3)nn2C1. The van der Waals surface area contributed by atoms with Gasteiger partial charge < -0.3 is 42.6 Å². The number of nitrogens with one attached hydrogen (secondary N) is 3. The molecule has 3 aliphatic heterocycles. The lowest BCUT2D eigenvalue weighted by atomic mass is 9.80. The normalized spacial score (nSPS) is 16.6. The van der Waals surface area contributed by atoms with Crippen molar-refractivity contribution in [3.8, 4) is 56.6 Å². The Bertz CT molecular complexity index is 2440. The number of rotatable bonds is 10. The standard InChI is InChI=1S/C41H40N10O4/c42-17-24-18-46-39-34(38(44)53)36(48-50(39)19-24)27-11-14-32(55-28-6-2-1-3-7-28)31(16-27)26-5-4-8-30(15-26)54-29-12-9-25(10-13-29)35-33(37(43)52)40-47-22-41(20-45-21-41)23-51(40)49-35/h1-16,24,45-47H,17-23,42H2,(H2,43,52)(H2,44,53). The van der Waals surface area contributed by atoms with Gasteiger partial charge in [-0.25, -0.2) is 9.36 Å². The van der Waals surface area contributed by atoms with Gasteiger partial charge in [-0.05, 0) is 78.8 Å². The van der Waals surface area contributed by atoms with Crippen LogP contribution in [0.3, 0.4) is 0 Å². The van der Waals surface area contributed by atoms with Crippen LogP contribution in [0, 0.1) is 11.3 Å². The molecule has 0 radical (unpaired) electrons. The van der Waals surface area contributed by atoms with Crippen LogP contribution in [0.1, 0.15) is 20.7 Å². The minimum absolute atomic E-state index is 0.0879. The van der Waals surface area contributed by atoms with E-state index in [1.54, 1.807) is 4.68 Å². The third kappa shape index (κ3) is 6.30. The van der Waals surface area contributed by atoms with Gasteiger partial charge in [0, 0.05) is 60.7 Å². The first-order valence-electron chi connectivity index (χ1n) is 18.2. The fourth-order valence-electron chi connectivity index (χ4n) is 7.62. The van der Waals surface area contributed by atoms with Gasteiger partial charge in [-0.2, -0.15) is 10.2 Å². The van der Waals surface area contributed by atoms with Gasteiger partial charge in [-0.1, -0.05) is 30.3 Å². The van der Waals surface area contributed by atoms with E-state index >= 15 is 0 Å². The number of nitrogens with two attached hydrogens (primary N) is 3. The van der Waals surface area contributed by atoms with Crippen molar-refractivity contribution >= 4 is 23.5 Å². The molecule has 2 aromatic heterocycles. The maximum Gasteiger partial charge on any atom is 0.254 e. The zero-order valence-corrected chi connectivity index (χ0v) is 29.9. The van der Waals surface area contributed by atoms with E-state index in [0.29, 0.717) is 88.9 Å². The van der Waals surface area contributed by atoms with Crippen LogP contribution >= 0.6 is 0 Å². The molecule has 55 heavy (non-hydrogen) atoms. The number of amides is 2. The summed E-state index contributed by atoms with van der Waals surface area (Å²) in [6.45, 7) is 4.97. The number of anilines is 2. The average molecular weight is 737 g/mol. The third-order valence-electron chi connectivity index (χ3n) is 10.6. The number of nitrogens with zero attached hydrogens (tertiary/aromatic N) is 4. The van der Waals surface area contributed by atoms with Crippen molar-refractivity contribution in [1.29, 1.82) is 0 Å². The summed E-state index contributed by atoms with van der Waals surface area (Å²) in [6, 6.07) is 30.3. The van der Waals surface area contributed by atoms with E-state index in [2.05, 4.69) is 16.0 Å². The number of hydrogen-bond donors (Lipinski definition) is 6. The summed E-state index contributed by atoms with van der Waals surface area (Å²) >= 11 is 0. The number of para-hydroxylation sites is 1. The molecule has 14 heteroatoms. The highest BCUT2D eigenvalue weighted by atomic mass is 16.5. The Labute approximate surface area is 316 Å². The molecule has 1 fully saturated rings. The second kappa shape index (κ2) is 13.6. The molecule has 9 rings (SSSR count). The Morgan fingerprint density at radius 2 is 1.38 bits per heavy atom. The molecule has 6 aromatic rings. The number of benzene rings is 4. The van der Waals surface area contributed by atoms with Gasteiger partial charge in [0.2, 0.25) is 0 Å². The van der Waals surface area contributed by atoms with Gasteiger partial charge >= 0.3 is 0 Å². The molecule has 4 aromatic carbocycles. The van der Waals surface area contributed by atoms with Crippen LogP contribution < -0.4 is 42.6 Å². The van der Waals surface area contributed by atoms with Gasteiger partial charge in [0.15, 0.2) is 0 Å². The Balaban J connectivity index is 1.03. The van der Waals surface area contributed by atoms with Crippen LogP contribution in [0.4, 0.5) is 11.6 Å². The maximum atomic E-state index is 12.8. The molecule has 1 spiro atoms. The van der Waals surface area contributed by atoms with E-state index in [4.69, 9.17) is 36.9 Å². The van der Waals surface area contributed by atoms with Gasteiger partial charge in [0.1, 0.15) is 57.1 Å². The highest BCUT2D eigenvalue weighted by molar-refractivity contribution is 6.05. The molecule has 3 aliphatic rings. The summed E-state index contributed by atoms with van der Waals surface area (Å²) in [4.78, 5) is 25.4. The van der Waals surface area contributed by atoms with Crippen LogP contribution in [-0.4, -0.2) is 64.1 Å².